The van der Waals surface area contributed by atoms with Crippen molar-refractivity contribution in [3.63, 3.8) is 0 Å². The molecular weight excluding hydrogens is 270 g/mol. The van der Waals surface area contributed by atoms with Gasteiger partial charge in [0.05, 0.1) is 16.7 Å². The van der Waals surface area contributed by atoms with Crippen LogP contribution in [0.15, 0.2) is 60.8 Å². The second-order valence-electron chi connectivity index (χ2n) is 4.57. The summed E-state index contributed by atoms with van der Waals surface area (Å²) in [5, 5.41) is 0.731. The fraction of sp³-hybridized carbons (Fsp3) is 0. The summed E-state index contributed by atoms with van der Waals surface area (Å²) in [7, 11) is 0. The second kappa shape index (κ2) is 4.32. The number of nitrogens with zero attached hydrogens (tertiary/aromatic N) is 3. The van der Waals surface area contributed by atoms with E-state index in [0.717, 1.165) is 27.3 Å². The molecule has 0 aliphatic carbocycles. The Balaban J connectivity index is 2.11. The third-order valence-corrected chi connectivity index (χ3v) is 3.60. The van der Waals surface area contributed by atoms with Gasteiger partial charge in [0.2, 0.25) is 5.78 Å². The van der Waals surface area contributed by atoms with Crippen molar-refractivity contribution >= 4 is 28.4 Å². The Hall–Kier alpha value is -2.39. The molecule has 0 fully saturated rings. The summed E-state index contributed by atoms with van der Waals surface area (Å²) in [5.74, 6) is 0.707. The van der Waals surface area contributed by atoms with Crippen LogP contribution in [-0.4, -0.2) is 14.4 Å². The van der Waals surface area contributed by atoms with Gasteiger partial charge >= 0.3 is 0 Å². The molecule has 96 valence electrons. The zero-order valence-electron chi connectivity index (χ0n) is 10.5. The van der Waals surface area contributed by atoms with Gasteiger partial charge in [0, 0.05) is 11.2 Å². The highest BCUT2D eigenvalue weighted by molar-refractivity contribution is 6.30. The van der Waals surface area contributed by atoms with Crippen molar-refractivity contribution in [2.24, 2.45) is 0 Å². The molecular formula is C16H10ClN3. The molecule has 0 atom stereocenters. The van der Waals surface area contributed by atoms with Gasteiger partial charge in [-0.05, 0) is 35.9 Å². The van der Waals surface area contributed by atoms with Crippen LogP contribution in [0.3, 0.4) is 0 Å². The number of halogens is 1. The molecule has 2 aromatic carbocycles. The summed E-state index contributed by atoms with van der Waals surface area (Å²) < 4.78 is 2.07. The number of hydrogen-bond donors (Lipinski definition) is 0. The normalized spacial score (nSPS) is 11.2. The van der Waals surface area contributed by atoms with Crippen molar-refractivity contribution in [1.82, 2.24) is 14.4 Å². The van der Waals surface area contributed by atoms with Crippen LogP contribution in [0.25, 0.3) is 28.1 Å². The van der Waals surface area contributed by atoms with Crippen LogP contribution < -0.4 is 0 Å². The summed E-state index contributed by atoms with van der Waals surface area (Å²) in [6.45, 7) is 0. The third kappa shape index (κ3) is 1.67. The molecule has 20 heavy (non-hydrogen) atoms. The number of rotatable bonds is 1. The van der Waals surface area contributed by atoms with Crippen molar-refractivity contribution in [2.75, 3.05) is 0 Å². The highest BCUT2D eigenvalue weighted by Gasteiger charge is 2.09. The van der Waals surface area contributed by atoms with E-state index in [9.17, 15) is 0 Å². The molecule has 4 heteroatoms. The topological polar surface area (TPSA) is 30.2 Å². The quantitative estimate of drug-likeness (QED) is 0.523. The molecule has 2 heterocycles. The molecule has 0 spiro atoms. The molecule has 0 unspecified atom stereocenters. The van der Waals surface area contributed by atoms with Crippen LogP contribution in [-0.2, 0) is 0 Å². The summed E-state index contributed by atoms with van der Waals surface area (Å²) in [6.07, 6.45) is 1.78. The Morgan fingerprint density at radius 1 is 0.900 bits per heavy atom. The molecule has 0 saturated heterocycles. The minimum absolute atomic E-state index is 0.707. The number of imidazole rings is 1. The maximum absolute atomic E-state index is 5.96. The molecule has 0 saturated carbocycles. The number of fused-ring (bicyclic) bond motifs is 3. The molecule has 4 rings (SSSR count). The van der Waals surface area contributed by atoms with E-state index in [2.05, 4.69) is 20.4 Å². The lowest BCUT2D eigenvalue weighted by molar-refractivity contribution is 1.14. The summed E-state index contributed by atoms with van der Waals surface area (Å²) in [5.41, 5.74) is 4.15. The van der Waals surface area contributed by atoms with E-state index in [4.69, 9.17) is 11.6 Å². The van der Waals surface area contributed by atoms with Crippen molar-refractivity contribution in [1.29, 1.82) is 0 Å². The Labute approximate surface area is 120 Å². The average molecular weight is 280 g/mol. The van der Waals surface area contributed by atoms with Crippen LogP contribution >= 0.6 is 11.6 Å². The minimum atomic E-state index is 0.707. The van der Waals surface area contributed by atoms with E-state index in [1.165, 1.54) is 0 Å². The summed E-state index contributed by atoms with van der Waals surface area (Å²) >= 11 is 5.96. The Bertz CT molecular complexity index is 910. The molecule has 0 amide bonds. The first-order valence-electron chi connectivity index (χ1n) is 6.31. The van der Waals surface area contributed by atoms with Crippen molar-refractivity contribution in [2.45, 2.75) is 0 Å². The monoisotopic (exact) mass is 279 g/mol. The third-order valence-electron chi connectivity index (χ3n) is 3.35. The second-order valence-corrected chi connectivity index (χ2v) is 5.01. The fourth-order valence-corrected chi connectivity index (χ4v) is 2.56. The van der Waals surface area contributed by atoms with Crippen molar-refractivity contribution in [3.05, 3.63) is 65.8 Å². The van der Waals surface area contributed by atoms with Gasteiger partial charge < -0.3 is 0 Å². The minimum Gasteiger partial charge on any atom is -0.276 e. The van der Waals surface area contributed by atoms with Gasteiger partial charge in [-0.15, -0.1) is 0 Å². The van der Waals surface area contributed by atoms with Crippen LogP contribution in [0.1, 0.15) is 0 Å². The first-order valence-corrected chi connectivity index (χ1v) is 6.69. The van der Waals surface area contributed by atoms with E-state index in [-0.39, 0.29) is 0 Å². The largest absolute Gasteiger partial charge is 0.276 e. The fourth-order valence-electron chi connectivity index (χ4n) is 2.43. The predicted octanol–water partition coefficient (Wildman–Crippen LogP) is 4.20. The van der Waals surface area contributed by atoms with Gasteiger partial charge in [0.15, 0.2) is 0 Å². The summed E-state index contributed by atoms with van der Waals surface area (Å²) in [6, 6.07) is 17.8. The van der Waals surface area contributed by atoms with Crippen LogP contribution in [0.5, 0.6) is 0 Å². The highest BCUT2D eigenvalue weighted by Crippen LogP contribution is 2.25. The van der Waals surface area contributed by atoms with Gasteiger partial charge in [-0.1, -0.05) is 35.9 Å². The van der Waals surface area contributed by atoms with Gasteiger partial charge in [-0.25, -0.2) is 9.97 Å². The van der Waals surface area contributed by atoms with Gasteiger partial charge in [-0.3, -0.25) is 4.40 Å². The number of para-hydroxylation sites is 2. The van der Waals surface area contributed by atoms with Crippen molar-refractivity contribution < 1.29 is 0 Å². The van der Waals surface area contributed by atoms with Crippen LogP contribution in [0.2, 0.25) is 5.02 Å². The first-order chi connectivity index (χ1) is 9.83. The number of benzene rings is 2. The Kier molecular flexibility index (Phi) is 2.47. The Morgan fingerprint density at radius 2 is 1.70 bits per heavy atom. The first kappa shape index (κ1) is 11.4. The van der Waals surface area contributed by atoms with E-state index in [1.807, 2.05) is 48.5 Å². The molecule has 0 radical (unpaired) electrons. The lowest BCUT2D eigenvalue weighted by atomic mass is 10.1. The SMILES string of the molecule is Clc1ccc(-c2ccnc3nc4ccccc4n23)cc1. The summed E-state index contributed by atoms with van der Waals surface area (Å²) in [4.78, 5) is 8.89. The van der Waals surface area contributed by atoms with E-state index < -0.39 is 0 Å². The molecule has 0 aliphatic rings. The maximum Gasteiger partial charge on any atom is 0.235 e. The molecule has 0 bridgehead atoms. The molecule has 0 aliphatic heterocycles. The smallest absolute Gasteiger partial charge is 0.235 e. The highest BCUT2D eigenvalue weighted by atomic mass is 35.5. The van der Waals surface area contributed by atoms with E-state index >= 15 is 0 Å². The Morgan fingerprint density at radius 3 is 2.55 bits per heavy atom. The lowest BCUT2D eigenvalue weighted by Gasteiger charge is -2.06. The van der Waals surface area contributed by atoms with Crippen LogP contribution in [0.4, 0.5) is 0 Å². The maximum atomic E-state index is 5.96. The predicted molar refractivity (Wildman–Crippen MR) is 80.9 cm³/mol. The molecule has 3 nitrogen and oxygen atoms in total. The standard InChI is InChI=1S/C16H10ClN3/c17-12-7-5-11(6-8-12)14-9-10-18-16-19-13-3-1-2-4-15(13)20(14)16/h1-10H. The van der Waals surface area contributed by atoms with Crippen molar-refractivity contribution in [3.8, 4) is 11.3 Å². The molecule has 0 N–H and O–H groups in total. The molecule has 4 aromatic rings. The molecule has 2 aromatic heterocycles. The lowest BCUT2D eigenvalue weighted by Crippen LogP contribution is -1.93. The average Bonchev–Trinajstić information content (AvgIpc) is 2.86. The van der Waals surface area contributed by atoms with E-state index in [1.54, 1.807) is 6.20 Å². The number of hydrogen-bond acceptors (Lipinski definition) is 2. The zero-order chi connectivity index (χ0) is 13.5. The number of aromatic nitrogens is 3. The van der Waals surface area contributed by atoms with Gasteiger partial charge in [0.1, 0.15) is 0 Å². The van der Waals surface area contributed by atoms with Gasteiger partial charge in [-0.2, -0.15) is 0 Å². The zero-order valence-corrected chi connectivity index (χ0v) is 11.2. The van der Waals surface area contributed by atoms with Gasteiger partial charge in [0.25, 0.3) is 0 Å². The van der Waals surface area contributed by atoms with Crippen LogP contribution in [0, 0.1) is 0 Å². The van der Waals surface area contributed by atoms with E-state index in [0.29, 0.717) is 5.78 Å².